The Labute approximate surface area is 123 Å². The van der Waals surface area contributed by atoms with E-state index in [-0.39, 0.29) is 0 Å². The van der Waals surface area contributed by atoms with E-state index in [9.17, 15) is 0 Å². The van der Waals surface area contributed by atoms with E-state index in [2.05, 4.69) is 73.7 Å². The average molecular weight is 265 g/mol. The molecule has 5 rings (SSSR count). The van der Waals surface area contributed by atoms with Gasteiger partial charge >= 0.3 is 0 Å². The molecule has 0 amide bonds. The first-order valence-corrected chi connectivity index (χ1v) is 7.25. The summed E-state index contributed by atoms with van der Waals surface area (Å²) in [5.41, 5.74) is 1.10. The molecule has 0 fully saturated rings. The number of hydrogen-bond acceptors (Lipinski definition) is 0. The Morgan fingerprint density at radius 1 is 0.476 bits per heavy atom. The van der Waals surface area contributed by atoms with Gasteiger partial charge in [0.25, 0.3) is 0 Å². The third-order valence-electron chi connectivity index (χ3n) is 4.62. The van der Waals surface area contributed by atoms with Crippen LogP contribution in [0.2, 0.25) is 0 Å². The molecule has 0 nitrogen and oxygen atoms in total. The first kappa shape index (κ1) is 11.1. The summed E-state index contributed by atoms with van der Waals surface area (Å²) in [6.07, 6.45) is 0. The van der Waals surface area contributed by atoms with Crippen molar-refractivity contribution in [3.05, 3.63) is 79.2 Å². The van der Waals surface area contributed by atoms with Crippen LogP contribution in [0.3, 0.4) is 0 Å². The molecule has 21 heavy (non-hydrogen) atoms. The molecule has 0 saturated heterocycles. The van der Waals surface area contributed by atoms with Crippen LogP contribution in [0.1, 0.15) is 5.56 Å². The molecule has 0 unspecified atom stereocenters. The Bertz CT molecular complexity index is 1080. The normalized spacial score (nSPS) is 12.0. The van der Waals surface area contributed by atoms with Crippen molar-refractivity contribution < 1.29 is 0 Å². The minimum Gasteiger partial charge on any atom is -0.0610 e. The highest BCUT2D eigenvalue weighted by Gasteiger charge is 2.12. The monoisotopic (exact) mass is 265 g/mol. The maximum Gasteiger partial charge on any atom is -0.00236 e. The van der Waals surface area contributed by atoms with Gasteiger partial charge in [0.2, 0.25) is 0 Å². The third kappa shape index (κ3) is 1.30. The summed E-state index contributed by atoms with van der Waals surface area (Å²) in [7, 11) is 0. The summed E-state index contributed by atoms with van der Waals surface area (Å²) < 4.78 is 0. The van der Waals surface area contributed by atoms with Gasteiger partial charge in [0.15, 0.2) is 0 Å². The van der Waals surface area contributed by atoms with Gasteiger partial charge in [-0.05, 0) is 55.6 Å². The van der Waals surface area contributed by atoms with E-state index in [0.717, 1.165) is 5.56 Å². The molecule has 0 heteroatoms. The molecule has 0 saturated carbocycles. The Kier molecular flexibility index (Phi) is 1.97. The molecule has 0 spiro atoms. The van der Waals surface area contributed by atoms with Crippen LogP contribution in [0.5, 0.6) is 0 Å². The van der Waals surface area contributed by atoms with E-state index >= 15 is 0 Å². The second kappa shape index (κ2) is 3.73. The number of fused-ring (bicyclic) bond motifs is 2. The highest BCUT2D eigenvalue weighted by Crippen LogP contribution is 2.40. The zero-order valence-electron chi connectivity index (χ0n) is 11.6. The lowest BCUT2D eigenvalue weighted by Gasteiger charge is -2.15. The van der Waals surface area contributed by atoms with Crippen LogP contribution >= 0.6 is 0 Å². The number of hydrogen-bond donors (Lipinski definition) is 0. The van der Waals surface area contributed by atoms with Crippen molar-refractivity contribution in [2.24, 2.45) is 0 Å². The smallest absolute Gasteiger partial charge is 0.00236 e. The fourth-order valence-corrected chi connectivity index (χ4v) is 3.71. The van der Waals surface area contributed by atoms with E-state index in [0.29, 0.717) is 0 Å². The highest BCUT2D eigenvalue weighted by molar-refractivity contribution is 6.33. The molecule has 0 aliphatic rings. The zero-order valence-corrected chi connectivity index (χ0v) is 11.6. The lowest BCUT2D eigenvalue weighted by Crippen LogP contribution is -1.87. The largest absolute Gasteiger partial charge is 0.0610 e. The molecule has 0 bridgehead atoms. The first-order chi connectivity index (χ1) is 10.3. The zero-order chi connectivity index (χ0) is 14.0. The summed E-state index contributed by atoms with van der Waals surface area (Å²) in [5.74, 6) is 0. The quantitative estimate of drug-likeness (QED) is 0.241. The SMILES string of the molecule is [CH2]c1ccc2c3cccc4cccc(c5cccc1c52)c43. The van der Waals surface area contributed by atoms with Crippen molar-refractivity contribution in [2.75, 3.05) is 0 Å². The highest BCUT2D eigenvalue weighted by atomic mass is 14.2. The second-order valence-corrected chi connectivity index (χ2v) is 5.71. The maximum absolute atomic E-state index is 4.19. The van der Waals surface area contributed by atoms with Gasteiger partial charge < -0.3 is 0 Å². The van der Waals surface area contributed by atoms with E-state index in [1.807, 2.05) is 0 Å². The lowest BCUT2D eigenvalue weighted by atomic mass is 9.89. The van der Waals surface area contributed by atoms with Crippen LogP contribution in [0.25, 0.3) is 43.1 Å². The van der Waals surface area contributed by atoms with Crippen LogP contribution in [-0.2, 0) is 0 Å². The Balaban J connectivity index is 2.29. The summed E-state index contributed by atoms with van der Waals surface area (Å²) >= 11 is 0. The van der Waals surface area contributed by atoms with Crippen molar-refractivity contribution >= 4 is 43.1 Å². The van der Waals surface area contributed by atoms with Crippen molar-refractivity contribution in [2.45, 2.75) is 0 Å². The minimum atomic E-state index is 1.10. The fourth-order valence-electron chi connectivity index (χ4n) is 3.71. The summed E-state index contributed by atoms with van der Waals surface area (Å²) in [6, 6.07) is 24.1. The predicted molar refractivity (Wildman–Crippen MR) is 92.1 cm³/mol. The molecule has 5 aromatic rings. The van der Waals surface area contributed by atoms with Crippen LogP contribution in [0, 0.1) is 6.92 Å². The van der Waals surface area contributed by atoms with Gasteiger partial charge in [-0.25, -0.2) is 0 Å². The van der Waals surface area contributed by atoms with E-state index in [1.54, 1.807) is 0 Å². The molecule has 97 valence electrons. The molecule has 0 heterocycles. The van der Waals surface area contributed by atoms with E-state index in [1.165, 1.54) is 43.1 Å². The average Bonchev–Trinajstić information content (AvgIpc) is 2.54. The van der Waals surface area contributed by atoms with Gasteiger partial charge in [-0.2, -0.15) is 0 Å². The van der Waals surface area contributed by atoms with E-state index < -0.39 is 0 Å². The fraction of sp³-hybridized carbons (Fsp3) is 0. The second-order valence-electron chi connectivity index (χ2n) is 5.71. The van der Waals surface area contributed by atoms with Gasteiger partial charge in [0, 0.05) is 0 Å². The molecule has 0 aromatic heterocycles. The third-order valence-corrected chi connectivity index (χ3v) is 4.62. The molecule has 1 radical (unpaired) electrons. The number of rotatable bonds is 0. The molecule has 0 aliphatic carbocycles. The predicted octanol–water partition coefficient (Wildman–Crippen LogP) is 5.92. The molecule has 0 atom stereocenters. The molecule has 0 N–H and O–H groups in total. The molecular weight excluding hydrogens is 252 g/mol. The van der Waals surface area contributed by atoms with Gasteiger partial charge in [0.1, 0.15) is 0 Å². The topological polar surface area (TPSA) is 0 Å². The van der Waals surface area contributed by atoms with E-state index in [4.69, 9.17) is 0 Å². The van der Waals surface area contributed by atoms with Crippen molar-refractivity contribution in [1.82, 2.24) is 0 Å². The molecule has 5 aromatic carbocycles. The standard InChI is InChI=1S/C21H13/c1-13-11-12-19-17-9-3-6-14-5-2-8-16(20(14)17)18-10-4-7-15(13)21(18)19/h2-12H,1H2. The van der Waals surface area contributed by atoms with Crippen LogP contribution in [0.4, 0.5) is 0 Å². The summed E-state index contributed by atoms with van der Waals surface area (Å²) in [6.45, 7) is 4.19. The Hall–Kier alpha value is -2.60. The summed E-state index contributed by atoms with van der Waals surface area (Å²) in [4.78, 5) is 0. The van der Waals surface area contributed by atoms with Crippen LogP contribution in [0.15, 0.2) is 66.7 Å². The minimum absolute atomic E-state index is 1.10. The summed E-state index contributed by atoms with van der Waals surface area (Å²) in [5, 5.41) is 10.6. The molecule has 0 aliphatic heterocycles. The van der Waals surface area contributed by atoms with Crippen molar-refractivity contribution in [3.8, 4) is 0 Å². The Morgan fingerprint density at radius 2 is 1.00 bits per heavy atom. The number of benzene rings is 5. The van der Waals surface area contributed by atoms with Gasteiger partial charge in [-0.3, -0.25) is 0 Å². The van der Waals surface area contributed by atoms with Gasteiger partial charge in [0.05, 0.1) is 0 Å². The first-order valence-electron chi connectivity index (χ1n) is 7.25. The van der Waals surface area contributed by atoms with Gasteiger partial charge in [-0.1, -0.05) is 66.7 Å². The van der Waals surface area contributed by atoms with Crippen molar-refractivity contribution in [3.63, 3.8) is 0 Å². The van der Waals surface area contributed by atoms with Crippen molar-refractivity contribution in [1.29, 1.82) is 0 Å². The van der Waals surface area contributed by atoms with Gasteiger partial charge in [-0.15, -0.1) is 0 Å². The van der Waals surface area contributed by atoms with Crippen LogP contribution in [-0.4, -0.2) is 0 Å². The van der Waals surface area contributed by atoms with Crippen LogP contribution < -0.4 is 0 Å². The maximum atomic E-state index is 4.19. The molecular formula is C21H13. The Morgan fingerprint density at radius 3 is 1.71 bits per heavy atom. The lowest BCUT2D eigenvalue weighted by molar-refractivity contribution is 1.72.